The minimum atomic E-state index is -5.69. The molecule has 0 aromatic heterocycles. The zero-order valence-electron chi connectivity index (χ0n) is 60.8. The molecular formula is C74H137O24P. The van der Waals surface area contributed by atoms with Gasteiger partial charge in [-0.25, -0.2) is 4.57 Å². The molecule has 2 heterocycles. The van der Waals surface area contributed by atoms with Crippen molar-refractivity contribution >= 4 is 25.7 Å². The van der Waals surface area contributed by atoms with Gasteiger partial charge in [-0.15, -0.1) is 0 Å². The Morgan fingerprint density at radius 2 is 0.707 bits per heavy atom. The molecule has 582 valence electrons. The van der Waals surface area contributed by atoms with Crippen LogP contribution in [0.3, 0.4) is 0 Å². The molecule has 18 atom stereocenters. The van der Waals surface area contributed by atoms with E-state index in [-0.39, 0.29) is 19.3 Å². The maximum atomic E-state index is 14.3. The van der Waals surface area contributed by atoms with E-state index in [1.807, 2.05) is 0 Å². The molecule has 0 radical (unpaired) electrons. The molecule has 1 saturated carbocycles. The van der Waals surface area contributed by atoms with Crippen LogP contribution >= 0.6 is 7.82 Å². The third kappa shape index (κ3) is 39.0. The SMILES string of the molecule is CCCCCC/C=C\CCCCCCCCCC(=O)OCC(COP(=O)(O)OC1C(OC2OC(CO)C(O)C(O)C2O)C(O)C(O)C(O)C1OC1OC(COC(=O)CCCCCCCCCCCCCCCCC)C(O)C(O)C1O)OC(=O)CCCCCCCCCCCCCCCC. The fourth-order valence-electron chi connectivity index (χ4n) is 12.9. The topological polar surface area (TPSA) is 374 Å². The van der Waals surface area contributed by atoms with Crippen LogP contribution in [0.15, 0.2) is 12.2 Å². The molecule has 24 nitrogen and oxygen atoms in total. The number of carbonyl (C=O) groups is 3. The van der Waals surface area contributed by atoms with Crippen molar-refractivity contribution in [3.8, 4) is 0 Å². The summed E-state index contributed by atoms with van der Waals surface area (Å²) < 4.78 is 65.1. The van der Waals surface area contributed by atoms with Gasteiger partial charge in [0.25, 0.3) is 0 Å². The summed E-state index contributed by atoms with van der Waals surface area (Å²) >= 11 is 0. The van der Waals surface area contributed by atoms with Crippen LogP contribution in [0.4, 0.5) is 0 Å². The molecule has 1 aliphatic carbocycles. The van der Waals surface area contributed by atoms with Crippen molar-refractivity contribution in [2.75, 3.05) is 26.4 Å². The van der Waals surface area contributed by atoms with E-state index in [4.69, 9.17) is 42.2 Å². The number of allylic oxidation sites excluding steroid dienone is 2. The Kier molecular flexibility index (Phi) is 51.5. The van der Waals surface area contributed by atoms with Crippen LogP contribution in [0.1, 0.15) is 310 Å². The zero-order valence-corrected chi connectivity index (χ0v) is 61.7. The smallest absolute Gasteiger partial charge is 0.463 e. The number of rotatable bonds is 61. The largest absolute Gasteiger partial charge is 0.472 e. The highest BCUT2D eigenvalue weighted by atomic mass is 31.2. The molecule has 2 aliphatic heterocycles. The highest BCUT2D eigenvalue weighted by Gasteiger charge is 2.58. The summed E-state index contributed by atoms with van der Waals surface area (Å²) in [6, 6.07) is 0. The maximum Gasteiger partial charge on any atom is 0.472 e. The van der Waals surface area contributed by atoms with Gasteiger partial charge < -0.3 is 89.1 Å². The number of hydrogen-bond donors (Lipinski definition) is 11. The van der Waals surface area contributed by atoms with E-state index < -0.39 is 156 Å². The number of carbonyl (C=O) groups excluding carboxylic acids is 3. The van der Waals surface area contributed by atoms with E-state index >= 15 is 0 Å². The third-order valence-electron chi connectivity index (χ3n) is 19.3. The number of aliphatic hydroxyl groups excluding tert-OH is 10. The second-order valence-corrected chi connectivity index (χ2v) is 29.5. The average molecular weight is 1440 g/mol. The minimum Gasteiger partial charge on any atom is -0.463 e. The van der Waals surface area contributed by atoms with Gasteiger partial charge in [-0.1, -0.05) is 258 Å². The standard InChI is InChI=1S/C74H137O24P/c1-4-7-10-13-16-19-22-25-28-31-33-36-39-42-45-48-58(76)90-52-55(93-60(78)50-47-44-41-38-35-30-27-24-21-18-15-12-9-6-3)53-92-99(88,89)98-72-70(96-73-68(86)63(81)61(79)56(51-75)94-73)66(84)65(83)67(85)71(72)97-74-69(87)64(82)62(80)57(95-74)54-91-59(77)49-46-43-40-37-34-32-29-26-23-20-17-14-11-8-5-2/h19,22,55-57,61-75,79-87H,4-18,20-21,23-54H2,1-3H3,(H,88,89)/b22-19-. The Bertz CT molecular complexity index is 2090. The van der Waals surface area contributed by atoms with Gasteiger partial charge in [-0.05, 0) is 44.9 Å². The van der Waals surface area contributed by atoms with Crippen molar-refractivity contribution in [3.05, 3.63) is 12.2 Å². The Balaban J connectivity index is 1.72. The number of unbranched alkanes of at least 4 members (excludes halogenated alkanes) is 38. The second kappa shape index (κ2) is 56.1. The summed E-state index contributed by atoms with van der Waals surface area (Å²) in [6.07, 6.45) is 15.5. The highest BCUT2D eigenvalue weighted by molar-refractivity contribution is 7.47. The molecule has 2 saturated heterocycles. The lowest BCUT2D eigenvalue weighted by molar-refractivity contribution is -0.360. The second-order valence-electron chi connectivity index (χ2n) is 28.1. The monoisotopic (exact) mass is 1440 g/mol. The Hall–Kier alpha value is -2.30. The molecule has 11 N–H and O–H groups in total. The lowest BCUT2D eigenvalue weighted by Crippen LogP contribution is -2.69. The van der Waals surface area contributed by atoms with Crippen molar-refractivity contribution < 1.29 is 117 Å². The van der Waals surface area contributed by atoms with Crippen LogP contribution in [-0.2, 0) is 61.2 Å². The maximum absolute atomic E-state index is 14.3. The summed E-state index contributed by atoms with van der Waals surface area (Å²) in [6.45, 7) is 3.46. The first-order chi connectivity index (χ1) is 47.8. The Labute approximate surface area is 592 Å². The minimum absolute atomic E-state index is 0.0327. The van der Waals surface area contributed by atoms with E-state index in [9.17, 15) is 74.9 Å². The van der Waals surface area contributed by atoms with Gasteiger partial charge in [0, 0.05) is 19.3 Å². The van der Waals surface area contributed by atoms with Crippen LogP contribution in [-0.4, -0.2) is 204 Å². The molecule has 0 bridgehead atoms. The molecule has 0 amide bonds. The van der Waals surface area contributed by atoms with Crippen LogP contribution in [0.2, 0.25) is 0 Å². The van der Waals surface area contributed by atoms with Crippen LogP contribution in [0.5, 0.6) is 0 Å². The van der Waals surface area contributed by atoms with Crippen LogP contribution in [0, 0.1) is 0 Å². The molecule has 99 heavy (non-hydrogen) atoms. The Morgan fingerprint density at radius 1 is 0.384 bits per heavy atom. The van der Waals surface area contributed by atoms with E-state index in [1.54, 1.807) is 0 Å². The molecule has 3 rings (SSSR count). The van der Waals surface area contributed by atoms with Gasteiger partial charge >= 0.3 is 25.7 Å². The van der Waals surface area contributed by atoms with Gasteiger partial charge in [-0.3, -0.25) is 23.4 Å². The molecule has 18 unspecified atom stereocenters. The molecular weight excluding hydrogens is 1300 g/mol. The number of ether oxygens (including phenoxy) is 7. The molecule has 3 aliphatic rings. The van der Waals surface area contributed by atoms with E-state index in [1.165, 1.54) is 135 Å². The van der Waals surface area contributed by atoms with Gasteiger partial charge in [-0.2, -0.15) is 0 Å². The van der Waals surface area contributed by atoms with Gasteiger partial charge in [0.15, 0.2) is 18.7 Å². The van der Waals surface area contributed by atoms with Gasteiger partial charge in [0.05, 0.1) is 13.2 Å². The highest BCUT2D eigenvalue weighted by Crippen LogP contribution is 2.49. The molecule has 0 spiro atoms. The lowest BCUT2D eigenvalue weighted by atomic mass is 9.84. The van der Waals surface area contributed by atoms with Crippen LogP contribution in [0.25, 0.3) is 0 Å². The van der Waals surface area contributed by atoms with Crippen molar-refractivity contribution in [1.82, 2.24) is 0 Å². The van der Waals surface area contributed by atoms with Crippen molar-refractivity contribution in [3.63, 3.8) is 0 Å². The molecule has 0 aromatic rings. The van der Waals surface area contributed by atoms with Crippen molar-refractivity contribution in [2.45, 2.75) is 414 Å². The summed E-state index contributed by atoms with van der Waals surface area (Å²) in [7, 11) is -5.69. The normalized spacial score (nSPS) is 27.5. The summed E-state index contributed by atoms with van der Waals surface area (Å²) in [5, 5.41) is 110. The first-order valence-electron chi connectivity index (χ1n) is 39.0. The van der Waals surface area contributed by atoms with E-state index in [0.717, 1.165) is 116 Å². The predicted molar refractivity (Wildman–Crippen MR) is 375 cm³/mol. The quantitative estimate of drug-likeness (QED) is 0.00886. The van der Waals surface area contributed by atoms with Crippen molar-refractivity contribution in [2.24, 2.45) is 0 Å². The number of esters is 3. The fraction of sp³-hybridized carbons (Fsp3) is 0.932. The number of phosphoric ester groups is 1. The van der Waals surface area contributed by atoms with Crippen molar-refractivity contribution in [1.29, 1.82) is 0 Å². The molecule has 25 heteroatoms. The average Bonchev–Trinajstić information content (AvgIpc) is 0.762. The number of aliphatic hydroxyl groups is 10. The molecule has 3 fully saturated rings. The lowest BCUT2D eigenvalue weighted by Gasteiger charge is -2.49. The summed E-state index contributed by atoms with van der Waals surface area (Å²) in [5.74, 6) is -1.98. The predicted octanol–water partition coefficient (Wildman–Crippen LogP) is 11.1. The van der Waals surface area contributed by atoms with E-state index in [0.29, 0.717) is 19.3 Å². The Morgan fingerprint density at radius 3 is 1.10 bits per heavy atom. The van der Waals surface area contributed by atoms with Crippen LogP contribution < -0.4 is 0 Å². The summed E-state index contributed by atoms with van der Waals surface area (Å²) in [5.41, 5.74) is 0. The van der Waals surface area contributed by atoms with Gasteiger partial charge in [0.2, 0.25) is 0 Å². The third-order valence-corrected chi connectivity index (χ3v) is 20.3. The number of hydrogen-bond acceptors (Lipinski definition) is 23. The summed E-state index contributed by atoms with van der Waals surface area (Å²) in [4.78, 5) is 51.0. The molecule has 0 aromatic carbocycles. The first-order valence-corrected chi connectivity index (χ1v) is 40.5. The fourth-order valence-corrected chi connectivity index (χ4v) is 13.9. The first kappa shape index (κ1) is 90.9. The van der Waals surface area contributed by atoms with Gasteiger partial charge in [0.1, 0.15) is 98.7 Å². The zero-order chi connectivity index (χ0) is 72.5. The number of phosphoric acid groups is 1. The van der Waals surface area contributed by atoms with E-state index in [2.05, 4.69) is 32.9 Å².